The fourth-order valence-corrected chi connectivity index (χ4v) is 8.34. The average Bonchev–Trinajstić information content (AvgIpc) is 3.25. The molecule has 2 aliphatic carbocycles. The van der Waals surface area contributed by atoms with Gasteiger partial charge in [-0.2, -0.15) is 0 Å². The number of phenolic OH excluding ortho intramolecular Hbond substituents is 1. The van der Waals surface area contributed by atoms with Crippen molar-refractivity contribution in [2.75, 3.05) is 19.1 Å². The topological polar surface area (TPSA) is 104 Å². The molecule has 2 aromatic rings. The lowest BCUT2D eigenvalue weighted by Gasteiger charge is -2.50. The summed E-state index contributed by atoms with van der Waals surface area (Å²) in [6.45, 7) is 0. The van der Waals surface area contributed by atoms with Gasteiger partial charge in [0.2, 0.25) is 11.8 Å². The van der Waals surface area contributed by atoms with Gasteiger partial charge in [0.1, 0.15) is 0 Å². The van der Waals surface area contributed by atoms with Crippen LogP contribution in [0.3, 0.4) is 0 Å². The number of benzene rings is 2. The third kappa shape index (κ3) is 3.30. The zero-order valence-electron chi connectivity index (χ0n) is 20.9. The first kappa shape index (κ1) is 26.3. The number of amides is 4. The molecule has 0 aromatic heterocycles. The van der Waals surface area contributed by atoms with Crippen LogP contribution in [0.25, 0.3) is 0 Å². The molecule has 39 heavy (non-hydrogen) atoms. The van der Waals surface area contributed by atoms with Gasteiger partial charge in [0.05, 0.1) is 29.1 Å². The SMILES string of the molecule is COc1cc([C@H]2C3=CC[C@@H]4C(=O)N(c5ccccc5)C(=O)[C@@H]4[C@@H]3C[C@@]3(Cl)C(=O)N(C)C(=O)[C@@]23Cl)cc(Br)c1O. The smallest absolute Gasteiger partial charge is 0.253 e. The van der Waals surface area contributed by atoms with E-state index in [1.165, 1.54) is 19.1 Å². The standard InChI is InChI=1S/C28H23BrCl2N2O6/c1-32-25(37)27(30)12-17-15(8-9-16-20(17)24(36)33(23(16)35)14-6-4-3-5-7-14)21(28(27,31)26(32)38)13-10-18(29)22(34)19(11-13)39-2/h3-8,10-11,16-17,20-21,34H,9,12H2,1-2H3/t16-,17+,20-,21-,27+,28-/m0/s1. The minimum Gasteiger partial charge on any atom is -0.503 e. The van der Waals surface area contributed by atoms with Crippen molar-refractivity contribution < 1.29 is 29.0 Å². The molecular weight excluding hydrogens is 611 g/mol. The summed E-state index contributed by atoms with van der Waals surface area (Å²) in [5.41, 5.74) is 1.61. The highest BCUT2D eigenvalue weighted by atomic mass is 79.9. The molecule has 2 heterocycles. The van der Waals surface area contributed by atoms with Gasteiger partial charge in [-0.1, -0.05) is 29.8 Å². The summed E-state index contributed by atoms with van der Waals surface area (Å²) in [7, 11) is 2.73. The highest BCUT2D eigenvalue weighted by molar-refractivity contribution is 9.10. The number of rotatable bonds is 3. The maximum Gasteiger partial charge on any atom is 0.253 e. The molecular formula is C28H23BrCl2N2O6. The minimum absolute atomic E-state index is 0.0888. The molecule has 0 radical (unpaired) electrons. The van der Waals surface area contributed by atoms with Crippen molar-refractivity contribution in [3.05, 3.63) is 64.1 Å². The average molecular weight is 634 g/mol. The lowest BCUT2D eigenvalue weighted by Crippen LogP contribution is -2.60. The third-order valence-electron chi connectivity index (χ3n) is 8.63. The van der Waals surface area contributed by atoms with Gasteiger partial charge in [0.25, 0.3) is 11.8 Å². The molecule has 6 rings (SSSR count). The van der Waals surface area contributed by atoms with E-state index in [0.717, 1.165) is 4.90 Å². The van der Waals surface area contributed by atoms with Crippen LogP contribution in [0.1, 0.15) is 24.3 Å². The van der Waals surface area contributed by atoms with E-state index in [4.69, 9.17) is 27.9 Å². The molecule has 1 N–H and O–H groups in total. The molecule has 0 spiro atoms. The van der Waals surface area contributed by atoms with Crippen LogP contribution in [0.15, 0.2) is 58.6 Å². The summed E-state index contributed by atoms with van der Waals surface area (Å²) in [5, 5.41) is 10.5. The number of para-hydroxylation sites is 1. The normalized spacial score (nSPS) is 33.6. The van der Waals surface area contributed by atoms with Gasteiger partial charge in [0.15, 0.2) is 21.2 Å². The summed E-state index contributed by atoms with van der Waals surface area (Å²) in [4.78, 5) is 53.0. The van der Waals surface area contributed by atoms with Gasteiger partial charge in [-0.3, -0.25) is 29.0 Å². The number of ether oxygens (including phenoxy) is 1. The molecule has 0 unspecified atom stereocenters. The van der Waals surface area contributed by atoms with Gasteiger partial charge < -0.3 is 9.84 Å². The summed E-state index contributed by atoms with van der Waals surface area (Å²) in [6.07, 6.45) is 2.03. The molecule has 11 heteroatoms. The van der Waals surface area contributed by atoms with E-state index in [1.807, 2.05) is 6.08 Å². The number of hydrogen-bond acceptors (Lipinski definition) is 6. The maximum atomic E-state index is 13.9. The summed E-state index contributed by atoms with van der Waals surface area (Å²) >= 11 is 17.7. The number of likely N-dealkylation sites (tertiary alicyclic amines) is 1. The van der Waals surface area contributed by atoms with E-state index in [9.17, 15) is 24.3 Å². The van der Waals surface area contributed by atoms with Crippen LogP contribution in [0, 0.1) is 17.8 Å². The van der Waals surface area contributed by atoms with Crippen LogP contribution < -0.4 is 9.64 Å². The number of allylic oxidation sites excluding steroid dienone is 2. The van der Waals surface area contributed by atoms with Crippen LogP contribution >= 0.6 is 39.1 Å². The largest absolute Gasteiger partial charge is 0.503 e. The summed E-state index contributed by atoms with van der Waals surface area (Å²) < 4.78 is 5.64. The predicted octanol–water partition coefficient (Wildman–Crippen LogP) is 4.36. The highest BCUT2D eigenvalue weighted by Gasteiger charge is 2.76. The van der Waals surface area contributed by atoms with Crippen LogP contribution in [0.2, 0.25) is 0 Å². The first-order chi connectivity index (χ1) is 18.5. The number of nitrogens with zero attached hydrogens (tertiary/aromatic N) is 2. The molecule has 2 aromatic carbocycles. The number of imide groups is 2. The molecule has 4 aliphatic rings. The lowest BCUT2D eigenvalue weighted by atomic mass is 9.56. The fourth-order valence-electron chi connectivity index (χ4n) is 6.87. The summed E-state index contributed by atoms with van der Waals surface area (Å²) in [6, 6.07) is 11.9. The zero-order valence-corrected chi connectivity index (χ0v) is 24.0. The van der Waals surface area contributed by atoms with Gasteiger partial charge in [-0.05, 0) is 64.5 Å². The van der Waals surface area contributed by atoms with Gasteiger partial charge in [0, 0.05) is 13.0 Å². The number of carbonyl (C=O) groups excluding carboxylic acids is 4. The molecule has 2 aliphatic heterocycles. The Balaban J connectivity index is 1.55. The predicted molar refractivity (Wildman–Crippen MR) is 147 cm³/mol. The number of anilines is 1. The number of methoxy groups -OCH3 is 1. The minimum atomic E-state index is -1.91. The first-order valence-corrected chi connectivity index (χ1v) is 13.9. The van der Waals surface area contributed by atoms with Crippen molar-refractivity contribution in [3.8, 4) is 11.5 Å². The second kappa shape index (κ2) is 8.81. The van der Waals surface area contributed by atoms with Crippen LogP contribution in [-0.4, -0.2) is 57.5 Å². The van der Waals surface area contributed by atoms with Crippen molar-refractivity contribution in [1.29, 1.82) is 0 Å². The molecule has 8 nitrogen and oxygen atoms in total. The lowest BCUT2D eigenvalue weighted by molar-refractivity contribution is -0.138. The third-order valence-corrected chi connectivity index (χ3v) is 10.7. The Labute approximate surface area is 242 Å². The summed E-state index contributed by atoms with van der Waals surface area (Å²) in [5.74, 6) is -5.01. The van der Waals surface area contributed by atoms with Crippen molar-refractivity contribution in [2.24, 2.45) is 17.8 Å². The molecule has 202 valence electrons. The quantitative estimate of drug-likeness (QED) is 0.306. The van der Waals surface area contributed by atoms with Gasteiger partial charge in [-0.15, -0.1) is 23.2 Å². The Morgan fingerprint density at radius 2 is 1.72 bits per heavy atom. The Kier molecular flexibility index (Phi) is 5.95. The number of halogens is 3. The van der Waals surface area contributed by atoms with Crippen molar-refractivity contribution in [1.82, 2.24) is 4.90 Å². The monoisotopic (exact) mass is 632 g/mol. The Hall–Kier alpha value is -2.88. The van der Waals surface area contributed by atoms with Crippen LogP contribution in [-0.2, 0) is 19.2 Å². The van der Waals surface area contributed by atoms with Crippen LogP contribution in [0.5, 0.6) is 11.5 Å². The number of hydrogen-bond donors (Lipinski definition) is 1. The van der Waals surface area contributed by atoms with E-state index in [-0.39, 0.29) is 36.2 Å². The number of alkyl halides is 2. The van der Waals surface area contributed by atoms with E-state index in [2.05, 4.69) is 15.9 Å². The van der Waals surface area contributed by atoms with E-state index >= 15 is 0 Å². The highest BCUT2D eigenvalue weighted by Crippen LogP contribution is 2.65. The zero-order chi connectivity index (χ0) is 28.0. The Morgan fingerprint density at radius 1 is 1.03 bits per heavy atom. The van der Waals surface area contributed by atoms with Crippen molar-refractivity contribution in [2.45, 2.75) is 28.5 Å². The number of carbonyl (C=O) groups is 4. The molecule has 0 bridgehead atoms. The number of phenols is 1. The van der Waals surface area contributed by atoms with E-state index in [0.29, 0.717) is 21.3 Å². The van der Waals surface area contributed by atoms with Crippen molar-refractivity contribution >= 4 is 68.4 Å². The van der Waals surface area contributed by atoms with Gasteiger partial charge in [-0.25, -0.2) is 0 Å². The van der Waals surface area contributed by atoms with E-state index < -0.39 is 45.2 Å². The van der Waals surface area contributed by atoms with Crippen LogP contribution in [0.4, 0.5) is 5.69 Å². The molecule has 2 saturated heterocycles. The molecule has 3 fully saturated rings. The Bertz CT molecular complexity index is 1500. The van der Waals surface area contributed by atoms with E-state index in [1.54, 1.807) is 42.5 Å². The second-order valence-corrected chi connectivity index (χ2v) is 12.5. The maximum absolute atomic E-state index is 13.9. The molecule has 6 atom stereocenters. The van der Waals surface area contributed by atoms with Crippen molar-refractivity contribution in [3.63, 3.8) is 0 Å². The van der Waals surface area contributed by atoms with Gasteiger partial charge >= 0.3 is 0 Å². The molecule has 1 saturated carbocycles. The fraction of sp³-hybridized carbons (Fsp3) is 0.357. The Morgan fingerprint density at radius 3 is 2.38 bits per heavy atom. The number of aromatic hydroxyl groups is 1. The first-order valence-electron chi connectivity index (χ1n) is 12.4. The molecule has 4 amide bonds. The second-order valence-electron chi connectivity index (χ2n) is 10.4. The number of fused-ring (bicyclic) bond motifs is 4.